The zero-order valence-electron chi connectivity index (χ0n) is 47.7. The standard InChI is InChI=1S/C82H52N6/c1-3-21-55(22-4-1)71-52-72(56-23-5-2-6-24-56)84-82(83-71)57-49-68(53-39-43-58(44-40-53)85-73-32-14-7-25-61(73)62-26-8-15-33-74(62)85)81(69(50-57)54-41-45-59(46-42-54)86-75-34-16-9-27-63(75)64-28-10-17-35-76(64)86)88-79-38-20-13-31-67(79)70-51-60(47-48-80(70)88)87-77-36-18-11-29-65(77)66-30-12-19-37-78(66)87/h1-52H. The molecule has 0 radical (unpaired) electrons. The van der Waals surface area contributed by atoms with Crippen molar-refractivity contribution in [2.45, 2.75) is 0 Å². The molecule has 18 rings (SSSR count). The summed E-state index contributed by atoms with van der Waals surface area (Å²) in [4.78, 5) is 11.0. The minimum atomic E-state index is 0.635. The van der Waals surface area contributed by atoms with Crippen molar-refractivity contribution in [1.29, 1.82) is 0 Å². The maximum Gasteiger partial charge on any atom is 0.160 e. The second-order valence-electron chi connectivity index (χ2n) is 22.9. The Morgan fingerprint density at radius 2 is 0.489 bits per heavy atom. The Bertz CT molecular complexity index is 5390. The third-order valence-electron chi connectivity index (χ3n) is 18.0. The summed E-state index contributed by atoms with van der Waals surface area (Å²) in [6.45, 7) is 0. The Labute approximate surface area is 507 Å². The molecule has 0 saturated carbocycles. The van der Waals surface area contributed by atoms with E-state index in [1.54, 1.807) is 0 Å². The van der Waals surface area contributed by atoms with Crippen molar-refractivity contribution in [3.05, 3.63) is 315 Å². The van der Waals surface area contributed by atoms with Crippen LogP contribution in [0.4, 0.5) is 0 Å². The van der Waals surface area contributed by atoms with Gasteiger partial charge in [0.2, 0.25) is 0 Å². The molecule has 6 nitrogen and oxygen atoms in total. The SMILES string of the molecule is c1ccc(-c2cc(-c3ccccc3)nc(-c3cc(-c4ccc(-n5c6ccccc6c6ccccc65)cc4)c(-n4c5ccccc5c5cc(-n6c7ccccc7c7ccccc76)ccc54)c(-c4ccc(-n5c6ccccc6c6ccccc65)cc4)c3)n2)cc1. The van der Waals surface area contributed by atoms with E-state index in [4.69, 9.17) is 9.97 Å². The van der Waals surface area contributed by atoms with Crippen molar-refractivity contribution in [3.63, 3.8) is 0 Å². The van der Waals surface area contributed by atoms with Gasteiger partial charge in [0, 0.05) is 88.0 Å². The highest BCUT2D eigenvalue weighted by atomic mass is 15.0. The molecular weight excluding hydrogens is 1070 g/mol. The fourth-order valence-corrected chi connectivity index (χ4v) is 14.1. The van der Waals surface area contributed by atoms with Gasteiger partial charge in [-0.2, -0.15) is 0 Å². The second-order valence-corrected chi connectivity index (χ2v) is 22.9. The van der Waals surface area contributed by atoms with Gasteiger partial charge in [0.15, 0.2) is 5.82 Å². The van der Waals surface area contributed by atoms with E-state index in [0.717, 1.165) is 94.9 Å². The largest absolute Gasteiger partial charge is 0.309 e. The van der Waals surface area contributed by atoms with Crippen LogP contribution in [-0.2, 0) is 0 Å². The molecule has 0 unspecified atom stereocenters. The van der Waals surface area contributed by atoms with Crippen LogP contribution in [0, 0.1) is 0 Å². The van der Waals surface area contributed by atoms with Crippen LogP contribution >= 0.6 is 0 Å². The van der Waals surface area contributed by atoms with Crippen molar-refractivity contribution in [2.24, 2.45) is 0 Å². The summed E-state index contributed by atoms with van der Waals surface area (Å²) in [6.07, 6.45) is 0. The number of para-hydroxylation sites is 7. The van der Waals surface area contributed by atoms with Crippen LogP contribution in [0.15, 0.2) is 315 Å². The van der Waals surface area contributed by atoms with E-state index in [0.29, 0.717) is 5.82 Å². The maximum atomic E-state index is 5.52. The molecule has 5 heterocycles. The Morgan fingerprint density at radius 1 is 0.193 bits per heavy atom. The third-order valence-corrected chi connectivity index (χ3v) is 18.0. The van der Waals surface area contributed by atoms with Gasteiger partial charge in [0.05, 0.1) is 61.2 Å². The number of aromatic nitrogens is 6. The third kappa shape index (κ3) is 7.76. The van der Waals surface area contributed by atoms with Crippen molar-refractivity contribution < 1.29 is 0 Å². The smallest absolute Gasteiger partial charge is 0.160 e. The Balaban J connectivity index is 0.932. The van der Waals surface area contributed by atoms with Crippen molar-refractivity contribution in [1.82, 2.24) is 28.2 Å². The topological polar surface area (TPSA) is 45.5 Å². The fraction of sp³-hybridized carbons (Fsp3) is 0. The molecule has 0 atom stereocenters. The fourth-order valence-electron chi connectivity index (χ4n) is 14.1. The minimum absolute atomic E-state index is 0.635. The van der Waals surface area contributed by atoms with Crippen molar-refractivity contribution >= 4 is 87.2 Å². The van der Waals surface area contributed by atoms with Gasteiger partial charge in [-0.05, 0) is 114 Å². The molecule has 13 aromatic carbocycles. The van der Waals surface area contributed by atoms with E-state index in [2.05, 4.69) is 334 Å². The van der Waals surface area contributed by atoms with Gasteiger partial charge in [0.25, 0.3) is 0 Å². The number of rotatable bonds is 9. The van der Waals surface area contributed by atoms with Gasteiger partial charge in [-0.1, -0.05) is 212 Å². The number of fused-ring (bicyclic) bond motifs is 12. The van der Waals surface area contributed by atoms with Crippen LogP contribution in [0.5, 0.6) is 0 Å². The lowest BCUT2D eigenvalue weighted by atomic mass is 9.92. The summed E-state index contributed by atoms with van der Waals surface area (Å²) in [6, 6.07) is 115. The summed E-state index contributed by atoms with van der Waals surface area (Å²) in [5, 5.41) is 9.70. The lowest BCUT2D eigenvalue weighted by Crippen LogP contribution is -2.04. The molecule has 88 heavy (non-hydrogen) atoms. The Morgan fingerprint density at radius 3 is 0.864 bits per heavy atom. The first-order valence-corrected chi connectivity index (χ1v) is 30.1. The van der Waals surface area contributed by atoms with Gasteiger partial charge in [-0.25, -0.2) is 9.97 Å². The van der Waals surface area contributed by atoms with Crippen LogP contribution in [0.25, 0.3) is 166 Å². The molecule has 0 amide bonds. The van der Waals surface area contributed by atoms with E-state index in [1.165, 1.54) is 65.4 Å². The van der Waals surface area contributed by atoms with Gasteiger partial charge in [-0.15, -0.1) is 0 Å². The number of benzene rings is 13. The zero-order valence-corrected chi connectivity index (χ0v) is 47.7. The molecular formula is C82H52N6. The van der Waals surface area contributed by atoms with Crippen LogP contribution in [0.1, 0.15) is 0 Å². The molecule has 0 aliphatic carbocycles. The first kappa shape index (κ1) is 49.6. The van der Waals surface area contributed by atoms with E-state index in [1.807, 2.05) is 0 Å². The van der Waals surface area contributed by atoms with Crippen LogP contribution in [-0.4, -0.2) is 28.2 Å². The minimum Gasteiger partial charge on any atom is -0.309 e. The average Bonchev–Trinajstić information content (AvgIpc) is 1.58. The highest BCUT2D eigenvalue weighted by molar-refractivity contribution is 6.14. The quantitative estimate of drug-likeness (QED) is 0.145. The monoisotopic (exact) mass is 1120 g/mol. The molecule has 0 N–H and O–H groups in total. The van der Waals surface area contributed by atoms with Crippen molar-refractivity contribution in [3.8, 4) is 78.9 Å². The number of hydrogen-bond acceptors (Lipinski definition) is 2. The first-order chi connectivity index (χ1) is 43.7. The molecule has 6 heteroatoms. The summed E-state index contributed by atoms with van der Waals surface area (Å²) in [7, 11) is 0. The molecule has 410 valence electrons. The molecule has 0 aliphatic heterocycles. The van der Waals surface area contributed by atoms with Gasteiger partial charge in [0.1, 0.15) is 0 Å². The molecule has 0 fully saturated rings. The first-order valence-electron chi connectivity index (χ1n) is 30.1. The Hall–Kier alpha value is -11.9. The van der Waals surface area contributed by atoms with Crippen LogP contribution in [0.2, 0.25) is 0 Å². The number of nitrogens with zero attached hydrogens (tertiary/aromatic N) is 6. The maximum absolute atomic E-state index is 5.52. The summed E-state index contributed by atoms with van der Waals surface area (Å²) in [5.41, 5.74) is 22.4. The normalized spacial score (nSPS) is 11.9. The summed E-state index contributed by atoms with van der Waals surface area (Å²) in [5.74, 6) is 0.635. The molecule has 0 spiro atoms. The molecule has 5 aromatic heterocycles. The van der Waals surface area contributed by atoms with Crippen LogP contribution < -0.4 is 0 Å². The predicted octanol–water partition coefficient (Wildman–Crippen LogP) is 21.2. The van der Waals surface area contributed by atoms with Gasteiger partial charge in [-0.3, -0.25) is 0 Å². The van der Waals surface area contributed by atoms with Gasteiger partial charge < -0.3 is 18.3 Å². The number of hydrogen-bond donors (Lipinski definition) is 0. The zero-order chi connectivity index (χ0) is 57.8. The van der Waals surface area contributed by atoms with Crippen LogP contribution in [0.3, 0.4) is 0 Å². The van der Waals surface area contributed by atoms with Crippen molar-refractivity contribution in [2.75, 3.05) is 0 Å². The second kappa shape index (κ2) is 19.9. The molecule has 0 bridgehead atoms. The van der Waals surface area contributed by atoms with E-state index in [-0.39, 0.29) is 0 Å². The molecule has 0 aliphatic rings. The molecule has 0 saturated heterocycles. The average molecular weight is 1120 g/mol. The van der Waals surface area contributed by atoms with E-state index >= 15 is 0 Å². The Kier molecular flexibility index (Phi) is 11.2. The van der Waals surface area contributed by atoms with E-state index in [9.17, 15) is 0 Å². The highest BCUT2D eigenvalue weighted by Gasteiger charge is 2.25. The summed E-state index contributed by atoms with van der Waals surface area (Å²) >= 11 is 0. The predicted molar refractivity (Wildman–Crippen MR) is 367 cm³/mol. The summed E-state index contributed by atoms with van der Waals surface area (Å²) < 4.78 is 9.73. The van der Waals surface area contributed by atoms with E-state index < -0.39 is 0 Å². The highest BCUT2D eigenvalue weighted by Crippen LogP contribution is 2.46. The molecule has 18 aromatic rings. The van der Waals surface area contributed by atoms with Gasteiger partial charge >= 0.3 is 0 Å². The lowest BCUT2D eigenvalue weighted by molar-refractivity contribution is 1.16. The lowest BCUT2D eigenvalue weighted by Gasteiger charge is -2.22.